The summed E-state index contributed by atoms with van der Waals surface area (Å²) in [5.41, 5.74) is 7.50. The Morgan fingerprint density at radius 2 is 1.47 bits per heavy atom. The molecule has 3 nitrogen and oxygen atoms in total. The first kappa shape index (κ1) is 29.2. The maximum atomic E-state index is 13.3. The lowest BCUT2D eigenvalue weighted by atomic mass is 9.79. The maximum absolute atomic E-state index is 13.3. The molecule has 0 radical (unpaired) electrons. The summed E-state index contributed by atoms with van der Waals surface area (Å²) in [5.74, 6) is 0.344. The summed E-state index contributed by atoms with van der Waals surface area (Å²) >= 11 is 0. The first-order chi connectivity index (χ1) is 21.8. The fourth-order valence-corrected chi connectivity index (χ4v) is 9.09. The van der Waals surface area contributed by atoms with Gasteiger partial charge in [0.15, 0.2) is 21.3 Å². The third kappa shape index (κ3) is 5.49. The van der Waals surface area contributed by atoms with Crippen LogP contribution in [-0.4, -0.2) is 12.6 Å². The van der Waals surface area contributed by atoms with Crippen LogP contribution in [0.5, 0.6) is 5.75 Å². The predicted octanol–water partition coefficient (Wildman–Crippen LogP) is 9.77. The summed E-state index contributed by atoms with van der Waals surface area (Å²) in [6.45, 7) is 7.89. The van der Waals surface area contributed by atoms with E-state index >= 15 is 0 Å². The van der Waals surface area contributed by atoms with Gasteiger partial charge in [-0.05, 0) is 109 Å². The van der Waals surface area contributed by atoms with Crippen LogP contribution < -0.4 is 4.74 Å². The molecule has 0 fully saturated rings. The van der Waals surface area contributed by atoms with Crippen molar-refractivity contribution in [1.82, 2.24) is 0 Å². The highest BCUT2D eigenvalue weighted by atomic mass is 32.2. The zero-order valence-corrected chi connectivity index (χ0v) is 27.0. The molecule has 0 aromatic heterocycles. The summed E-state index contributed by atoms with van der Waals surface area (Å²) in [6.07, 6.45) is 8.71. The van der Waals surface area contributed by atoms with Crippen molar-refractivity contribution in [3.8, 4) is 5.75 Å². The monoisotopic (exact) mass is 609 g/mol. The van der Waals surface area contributed by atoms with Gasteiger partial charge in [-0.15, -0.1) is 0 Å². The zero-order valence-electron chi connectivity index (χ0n) is 26.2. The Morgan fingerprint density at radius 3 is 2.13 bits per heavy atom. The Hall–Kier alpha value is -4.54. The van der Waals surface area contributed by atoms with Gasteiger partial charge in [0, 0.05) is 17.7 Å². The lowest BCUT2D eigenvalue weighted by Gasteiger charge is -2.30. The molecule has 0 amide bonds. The molecule has 2 aliphatic carbocycles. The van der Waals surface area contributed by atoms with Crippen LogP contribution in [-0.2, 0) is 32.4 Å². The molecule has 0 saturated carbocycles. The number of esters is 1. The Kier molecular flexibility index (Phi) is 7.63. The molecule has 5 aromatic carbocycles. The number of carbonyl (C=O) groups excluding carboxylic acids is 1. The van der Waals surface area contributed by atoms with Crippen LogP contribution in [0, 0.1) is 13.8 Å². The number of ether oxygens (including phenoxy) is 2. The van der Waals surface area contributed by atoms with E-state index < -0.39 is 5.60 Å². The molecule has 0 saturated heterocycles. The molecule has 2 aliphatic rings. The third-order valence-corrected chi connectivity index (χ3v) is 11.0. The van der Waals surface area contributed by atoms with Gasteiger partial charge in [0.2, 0.25) is 0 Å². The predicted molar refractivity (Wildman–Crippen MR) is 185 cm³/mol. The Balaban J connectivity index is 1.12. The van der Waals surface area contributed by atoms with Gasteiger partial charge in [0.05, 0.1) is 10.9 Å². The third-order valence-electron chi connectivity index (χ3n) is 8.80. The molecule has 4 heteroatoms. The van der Waals surface area contributed by atoms with Gasteiger partial charge in [0.1, 0.15) is 11.4 Å². The summed E-state index contributed by atoms with van der Waals surface area (Å²) in [4.78, 5) is 17.1. The van der Waals surface area contributed by atoms with Crippen LogP contribution in [0.15, 0.2) is 124 Å². The highest BCUT2D eigenvalue weighted by Crippen LogP contribution is 2.43. The smallest absolute Gasteiger partial charge is 0.345 e. The van der Waals surface area contributed by atoms with Crippen LogP contribution in [0.4, 0.5) is 0 Å². The van der Waals surface area contributed by atoms with Crippen LogP contribution >= 0.6 is 0 Å². The molecule has 0 spiro atoms. The van der Waals surface area contributed by atoms with E-state index in [2.05, 4.69) is 129 Å². The quantitative estimate of drug-likeness (QED) is 0.130. The molecule has 7 rings (SSSR count). The van der Waals surface area contributed by atoms with Crippen molar-refractivity contribution in [3.63, 3.8) is 0 Å². The van der Waals surface area contributed by atoms with E-state index in [0.29, 0.717) is 0 Å². The van der Waals surface area contributed by atoms with Crippen molar-refractivity contribution in [2.75, 3.05) is 6.61 Å². The summed E-state index contributed by atoms with van der Waals surface area (Å²) < 4.78 is 12.3. The number of allylic oxidation sites excluding steroid dienone is 3. The summed E-state index contributed by atoms with van der Waals surface area (Å²) in [7, 11) is -0.258. The fraction of sp³-hybridized carbons (Fsp3) is 0.195. The normalized spacial score (nSPS) is 13.6. The van der Waals surface area contributed by atoms with Gasteiger partial charge in [-0.1, -0.05) is 78.9 Å². The van der Waals surface area contributed by atoms with Crippen LogP contribution in [0.1, 0.15) is 53.6 Å². The molecule has 0 unspecified atom stereocenters. The summed E-state index contributed by atoms with van der Waals surface area (Å²) in [5, 5.41) is 2.45. The lowest BCUT2D eigenvalue weighted by Crippen LogP contribution is -2.29. The van der Waals surface area contributed by atoms with Crippen molar-refractivity contribution in [3.05, 3.63) is 143 Å². The van der Waals surface area contributed by atoms with E-state index in [0.717, 1.165) is 40.7 Å². The van der Waals surface area contributed by atoms with Gasteiger partial charge in [-0.2, -0.15) is 0 Å². The number of hydrogen-bond acceptors (Lipinski definition) is 3. The summed E-state index contributed by atoms with van der Waals surface area (Å²) in [6, 6.07) is 34.3. The molecule has 0 atom stereocenters. The first-order valence-electron chi connectivity index (χ1n) is 15.6. The maximum Gasteiger partial charge on any atom is 0.345 e. The minimum Gasteiger partial charge on any atom is -0.481 e. The number of aryl methyl sites for hydroxylation is 2. The van der Waals surface area contributed by atoms with Crippen molar-refractivity contribution in [1.29, 1.82) is 0 Å². The molecule has 5 aromatic rings. The number of benzene rings is 5. The Bertz CT molecular complexity index is 1920. The Labute approximate surface area is 268 Å². The molecule has 0 N–H and O–H groups in total. The van der Waals surface area contributed by atoms with E-state index in [-0.39, 0.29) is 23.5 Å². The van der Waals surface area contributed by atoms with Crippen molar-refractivity contribution >= 4 is 39.3 Å². The molecule has 45 heavy (non-hydrogen) atoms. The molecule has 224 valence electrons. The molecular formula is C41H37O3S+. The standard InChI is InChI=1S/C41H37O3S/c1-27-24-34(45(32-14-7-5-8-15-32)33-16-9-6-10-17-33)25-28(2)40(27)43-26-37(42)44-41(3,4)36-23-21-31-19-18-29-12-11-13-30-20-22-35(36)39(31)38(29)30/h5-11,13-18,20-25H,12,19,26H2,1-4H3/q+1. The number of rotatable bonds is 8. The van der Waals surface area contributed by atoms with Gasteiger partial charge in [-0.3, -0.25) is 0 Å². The Morgan fingerprint density at radius 1 is 0.800 bits per heavy atom. The molecule has 0 heterocycles. The van der Waals surface area contributed by atoms with Crippen molar-refractivity contribution in [2.45, 2.75) is 60.8 Å². The van der Waals surface area contributed by atoms with Gasteiger partial charge >= 0.3 is 5.97 Å². The topological polar surface area (TPSA) is 35.5 Å². The lowest BCUT2D eigenvalue weighted by molar-refractivity contribution is -0.159. The minimum absolute atomic E-state index is 0.156. The van der Waals surface area contributed by atoms with E-state index in [1.54, 1.807) is 0 Å². The second-order valence-electron chi connectivity index (χ2n) is 12.4. The van der Waals surface area contributed by atoms with E-state index in [4.69, 9.17) is 9.47 Å². The second kappa shape index (κ2) is 11.8. The van der Waals surface area contributed by atoms with E-state index in [9.17, 15) is 4.79 Å². The molecular weight excluding hydrogens is 573 g/mol. The van der Waals surface area contributed by atoms with Crippen LogP contribution in [0.25, 0.3) is 22.4 Å². The highest BCUT2D eigenvalue weighted by molar-refractivity contribution is 7.97. The van der Waals surface area contributed by atoms with Crippen molar-refractivity contribution in [2.24, 2.45) is 0 Å². The van der Waals surface area contributed by atoms with Gasteiger partial charge in [-0.25, -0.2) is 4.79 Å². The number of hydrogen-bond donors (Lipinski definition) is 0. The average molecular weight is 610 g/mol. The molecule has 0 bridgehead atoms. The van der Waals surface area contributed by atoms with E-state index in [1.807, 2.05) is 13.8 Å². The van der Waals surface area contributed by atoms with Crippen molar-refractivity contribution < 1.29 is 14.3 Å². The zero-order chi connectivity index (χ0) is 31.1. The average Bonchev–Trinajstić information content (AvgIpc) is 3.04. The first-order valence-corrected chi connectivity index (χ1v) is 16.8. The van der Waals surface area contributed by atoms with Crippen LogP contribution in [0.2, 0.25) is 0 Å². The minimum atomic E-state index is -0.827. The molecule has 0 aliphatic heterocycles. The second-order valence-corrected chi connectivity index (χ2v) is 14.4. The highest BCUT2D eigenvalue weighted by Gasteiger charge is 2.32. The fourth-order valence-electron chi connectivity index (χ4n) is 6.82. The van der Waals surface area contributed by atoms with Gasteiger partial charge < -0.3 is 9.47 Å². The largest absolute Gasteiger partial charge is 0.481 e. The van der Waals surface area contributed by atoms with Gasteiger partial charge in [0.25, 0.3) is 0 Å². The van der Waals surface area contributed by atoms with Crippen LogP contribution in [0.3, 0.4) is 0 Å². The SMILES string of the molecule is Cc1cc([S+](c2ccccc2)c2ccccc2)cc(C)c1OCC(=O)OC(C)(C)c1ccc2c3c4c(ccc13)C=CCC4=CC2. The van der Waals surface area contributed by atoms with E-state index in [1.165, 1.54) is 42.3 Å². The number of carbonyl (C=O) groups is 1.